The predicted octanol–water partition coefficient (Wildman–Crippen LogP) is 9.85. The summed E-state index contributed by atoms with van der Waals surface area (Å²) in [6, 6.07) is 0. The van der Waals surface area contributed by atoms with E-state index in [0.717, 1.165) is 135 Å². The molecule has 4 heterocycles. The summed E-state index contributed by atoms with van der Waals surface area (Å²) in [5.41, 5.74) is -1.07. The van der Waals surface area contributed by atoms with Crippen molar-refractivity contribution >= 4 is 29.7 Å². The van der Waals surface area contributed by atoms with Gasteiger partial charge in [-0.3, -0.25) is 4.79 Å². The van der Waals surface area contributed by atoms with E-state index in [9.17, 15) is 39.3 Å². The molecule has 0 spiro atoms. The molecule has 0 bridgehead atoms. The highest BCUT2D eigenvalue weighted by Gasteiger charge is 2.20. The summed E-state index contributed by atoms with van der Waals surface area (Å²) in [5, 5.41) is 28.6. The van der Waals surface area contributed by atoms with Crippen molar-refractivity contribution < 1.29 is 58.2 Å². The van der Waals surface area contributed by atoms with E-state index >= 15 is 0 Å². The molecule has 0 saturated carbocycles. The summed E-state index contributed by atoms with van der Waals surface area (Å²) in [5.74, 6) is -0.0561. The van der Waals surface area contributed by atoms with Gasteiger partial charge in [0.1, 0.15) is 30.2 Å². The molecule has 0 fully saturated rings. The van der Waals surface area contributed by atoms with E-state index in [1.54, 1.807) is 6.92 Å². The molecule has 0 aliphatic carbocycles. The predicted molar refractivity (Wildman–Crippen MR) is 246 cm³/mol. The third kappa shape index (κ3) is 31.0. The molecule has 4 rings (SSSR count). The minimum Gasteiger partial charge on any atom is -0.455 e. The lowest BCUT2D eigenvalue weighted by Crippen LogP contribution is -2.22. The first-order valence-electron chi connectivity index (χ1n) is 23.9. The van der Waals surface area contributed by atoms with Crippen molar-refractivity contribution in [1.82, 2.24) is 0 Å². The lowest BCUT2D eigenvalue weighted by Gasteiger charge is -2.20. The zero-order valence-corrected chi connectivity index (χ0v) is 40.0. The Hall–Kier alpha value is -3.61. The number of carbonyl (C=O) groups excluding carboxylic acids is 5. The maximum atomic E-state index is 11.0. The van der Waals surface area contributed by atoms with Crippen molar-refractivity contribution in [1.29, 1.82) is 0 Å². The van der Waals surface area contributed by atoms with Crippen LogP contribution in [0.4, 0.5) is 0 Å². The molecular weight excluding hydrogens is 805 g/mol. The molecule has 12 nitrogen and oxygen atoms in total. The van der Waals surface area contributed by atoms with Crippen LogP contribution in [0.3, 0.4) is 0 Å². The number of aliphatic hydroxyl groups is 3. The van der Waals surface area contributed by atoms with E-state index in [1.807, 2.05) is 65.8 Å². The Labute approximate surface area is 379 Å². The molecule has 360 valence electrons. The largest absolute Gasteiger partial charge is 0.455 e. The van der Waals surface area contributed by atoms with Gasteiger partial charge in [0, 0.05) is 30.2 Å². The summed E-state index contributed by atoms with van der Waals surface area (Å²) < 4.78 is 20.1. The van der Waals surface area contributed by atoms with E-state index < -0.39 is 11.2 Å². The molecule has 4 aliphatic rings. The standard InChI is InChI=1S/C13H22O3.C13H20O3.C13H22O3.C12H20O3/c2*1-10(11(2)14)6-4-3-5-7-12-8-9-13(15)16-12;1-3-13(2,15)10-6-4-5-7-11-8-9-12(14)16-11;1-12(2,14)9-5-3-4-6-10-7-8-11(13)15-10/h8-12,14H,3-7H2,1-2H3;8-10,12H,3-7H2,1-2H3;8-9,11,15H,3-7,10H2,1-2H3;7-8,10,14H,3-6,9H2,1-2H3. The van der Waals surface area contributed by atoms with E-state index in [-0.39, 0.29) is 66.1 Å². The average Bonchev–Trinajstić information content (AvgIpc) is 4.04. The quantitative estimate of drug-likeness (QED) is 0.0404. The van der Waals surface area contributed by atoms with Gasteiger partial charge in [-0.25, -0.2) is 19.2 Å². The van der Waals surface area contributed by atoms with Crippen molar-refractivity contribution in [3.8, 4) is 0 Å². The Morgan fingerprint density at radius 3 is 1.17 bits per heavy atom. The fourth-order valence-corrected chi connectivity index (χ4v) is 6.97. The maximum absolute atomic E-state index is 11.0. The molecule has 0 saturated heterocycles. The first-order chi connectivity index (χ1) is 29.7. The summed E-state index contributed by atoms with van der Waals surface area (Å²) >= 11 is 0. The Bertz CT molecular complexity index is 1450. The Kier molecular flexibility index (Phi) is 29.3. The normalized spacial score (nSPS) is 22.0. The number of rotatable bonds is 27. The monoisotopic (exact) mass is 889 g/mol. The number of ether oxygens (including phenoxy) is 4. The molecular formula is C51H84O12. The van der Waals surface area contributed by atoms with Gasteiger partial charge < -0.3 is 34.3 Å². The number of aliphatic hydroxyl groups excluding tert-OH is 1. The van der Waals surface area contributed by atoms with Gasteiger partial charge in [0.2, 0.25) is 0 Å². The molecule has 0 aromatic heterocycles. The molecule has 3 N–H and O–H groups in total. The van der Waals surface area contributed by atoms with Crippen molar-refractivity contribution in [2.75, 3.05) is 0 Å². The zero-order chi connectivity index (χ0) is 47.3. The summed E-state index contributed by atoms with van der Waals surface area (Å²) in [6.45, 7) is 15.1. The van der Waals surface area contributed by atoms with Crippen LogP contribution in [0.1, 0.15) is 190 Å². The highest BCUT2D eigenvalue weighted by atomic mass is 16.6. The molecule has 4 aliphatic heterocycles. The summed E-state index contributed by atoms with van der Waals surface area (Å²) in [6.07, 6.45) is 34.0. The summed E-state index contributed by atoms with van der Waals surface area (Å²) in [4.78, 5) is 54.0. The smallest absolute Gasteiger partial charge is 0.331 e. The van der Waals surface area contributed by atoms with E-state index in [4.69, 9.17) is 18.9 Å². The van der Waals surface area contributed by atoms with E-state index in [1.165, 1.54) is 24.3 Å². The number of unbranched alkanes of at least 4 members (excludes halogenated alkanes) is 8. The second kappa shape index (κ2) is 32.1. The molecule has 63 heavy (non-hydrogen) atoms. The van der Waals surface area contributed by atoms with Gasteiger partial charge in [-0.05, 0) is 148 Å². The van der Waals surface area contributed by atoms with Crippen LogP contribution in [-0.4, -0.2) is 86.7 Å². The lowest BCUT2D eigenvalue weighted by atomic mass is 9.95. The number of Topliss-reactive ketones (excluding diaryl/α,β-unsaturated/α-hetero) is 1. The number of hydrogen-bond acceptors (Lipinski definition) is 12. The van der Waals surface area contributed by atoms with Gasteiger partial charge in [0.25, 0.3) is 0 Å². The Morgan fingerprint density at radius 2 is 0.889 bits per heavy atom. The van der Waals surface area contributed by atoms with Crippen LogP contribution in [0.25, 0.3) is 0 Å². The van der Waals surface area contributed by atoms with Crippen LogP contribution in [-0.2, 0) is 42.9 Å². The third-order valence-electron chi connectivity index (χ3n) is 11.9. The SMILES string of the molecule is CC(=O)C(C)CCCCCC1C=CC(=O)O1.CC(C)(O)CCCCCC1C=CC(=O)O1.CC(O)C(C)CCCCCC1C=CC(=O)O1.CCC(C)(O)CCCCCC1C=CC(=O)O1. The van der Waals surface area contributed by atoms with Crippen molar-refractivity contribution in [3.63, 3.8) is 0 Å². The van der Waals surface area contributed by atoms with Gasteiger partial charge in [-0.2, -0.15) is 0 Å². The van der Waals surface area contributed by atoms with Gasteiger partial charge in [0.05, 0.1) is 17.3 Å². The first kappa shape index (κ1) is 57.4. The minimum atomic E-state index is -0.556. The van der Waals surface area contributed by atoms with Crippen LogP contribution >= 0.6 is 0 Å². The molecule has 0 amide bonds. The highest BCUT2D eigenvalue weighted by Crippen LogP contribution is 2.21. The van der Waals surface area contributed by atoms with E-state index in [2.05, 4.69) is 6.92 Å². The molecule has 0 radical (unpaired) electrons. The number of esters is 4. The fraction of sp³-hybridized carbons (Fsp3) is 0.745. The molecule has 0 aromatic rings. The van der Waals surface area contributed by atoms with E-state index in [0.29, 0.717) is 5.92 Å². The second-order valence-corrected chi connectivity index (χ2v) is 18.7. The van der Waals surface area contributed by atoms with Gasteiger partial charge in [-0.15, -0.1) is 0 Å². The fourth-order valence-electron chi connectivity index (χ4n) is 6.97. The zero-order valence-electron chi connectivity index (χ0n) is 40.0. The Morgan fingerprint density at radius 1 is 0.556 bits per heavy atom. The van der Waals surface area contributed by atoms with Gasteiger partial charge >= 0.3 is 23.9 Å². The van der Waals surface area contributed by atoms with Crippen LogP contribution in [0.2, 0.25) is 0 Å². The Balaban J connectivity index is 0.000000420. The second-order valence-electron chi connectivity index (χ2n) is 18.7. The number of cyclic esters (lactones) is 4. The van der Waals surface area contributed by atoms with Crippen molar-refractivity contribution in [2.45, 2.75) is 232 Å². The number of ketones is 1. The average molecular weight is 889 g/mol. The van der Waals surface area contributed by atoms with Crippen molar-refractivity contribution in [3.05, 3.63) is 48.6 Å². The topological polar surface area (TPSA) is 183 Å². The van der Waals surface area contributed by atoms with Crippen LogP contribution in [0.15, 0.2) is 48.6 Å². The molecule has 8 atom stereocenters. The first-order valence-corrected chi connectivity index (χ1v) is 23.9. The van der Waals surface area contributed by atoms with Gasteiger partial charge in [-0.1, -0.05) is 72.1 Å². The summed E-state index contributed by atoms with van der Waals surface area (Å²) in [7, 11) is 0. The minimum absolute atomic E-state index is 0.00156. The van der Waals surface area contributed by atoms with Crippen molar-refractivity contribution in [2.24, 2.45) is 11.8 Å². The molecule has 0 aromatic carbocycles. The highest BCUT2D eigenvalue weighted by molar-refractivity contribution is 5.85. The van der Waals surface area contributed by atoms with Crippen LogP contribution < -0.4 is 0 Å². The lowest BCUT2D eigenvalue weighted by molar-refractivity contribution is -0.139. The maximum Gasteiger partial charge on any atom is 0.331 e. The third-order valence-corrected chi connectivity index (χ3v) is 11.9. The molecule has 8 unspecified atom stereocenters. The van der Waals surface area contributed by atoms with Gasteiger partial charge in [0.15, 0.2) is 0 Å². The molecule has 12 heteroatoms. The number of hydrogen-bond donors (Lipinski definition) is 3. The van der Waals surface area contributed by atoms with Crippen LogP contribution in [0.5, 0.6) is 0 Å². The van der Waals surface area contributed by atoms with Crippen LogP contribution in [0, 0.1) is 11.8 Å². The number of carbonyl (C=O) groups is 5.